The second-order valence-corrected chi connectivity index (χ2v) is 5.74. The standard InChI is InChI=1S/C12H19N3O3S/c16-9(7-18-11-6-14-19-15-11)5-13-10-3-4-17-12(10)8-1-2-8/h6,8-10,12-13,16H,1-5,7H2. The molecule has 106 valence electrons. The molecule has 2 fully saturated rings. The van der Waals surface area contributed by atoms with Gasteiger partial charge in [0.25, 0.3) is 0 Å². The van der Waals surface area contributed by atoms with Crippen LogP contribution in [0.4, 0.5) is 0 Å². The van der Waals surface area contributed by atoms with Crippen molar-refractivity contribution in [2.45, 2.75) is 37.5 Å². The molecule has 1 aliphatic carbocycles. The van der Waals surface area contributed by atoms with Gasteiger partial charge in [0.15, 0.2) is 0 Å². The number of hydrogen-bond donors (Lipinski definition) is 2. The monoisotopic (exact) mass is 285 g/mol. The van der Waals surface area contributed by atoms with E-state index in [-0.39, 0.29) is 6.61 Å². The fraction of sp³-hybridized carbons (Fsp3) is 0.833. The summed E-state index contributed by atoms with van der Waals surface area (Å²) >= 11 is 1.10. The molecule has 0 bridgehead atoms. The van der Waals surface area contributed by atoms with Gasteiger partial charge in [-0.2, -0.15) is 4.37 Å². The zero-order valence-corrected chi connectivity index (χ0v) is 11.5. The van der Waals surface area contributed by atoms with E-state index in [0.29, 0.717) is 24.6 Å². The molecule has 19 heavy (non-hydrogen) atoms. The van der Waals surface area contributed by atoms with Crippen molar-refractivity contribution in [1.29, 1.82) is 0 Å². The molecule has 0 amide bonds. The van der Waals surface area contributed by atoms with Crippen LogP contribution in [0.25, 0.3) is 0 Å². The van der Waals surface area contributed by atoms with Gasteiger partial charge in [-0.15, -0.1) is 4.37 Å². The van der Waals surface area contributed by atoms with E-state index in [9.17, 15) is 5.11 Å². The second kappa shape index (κ2) is 6.13. The van der Waals surface area contributed by atoms with Crippen LogP contribution in [0, 0.1) is 5.92 Å². The molecule has 0 spiro atoms. The Morgan fingerprint density at radius 3 is 3.16 bits per heavy atom. The number of nitrogens with zero attached hydrogens (tertiary/aromatic N) is 2. The quantitative estimate of drug-likeness (QED) is 0.757. The van der Waals surface area contributed by atoms with Gasteiger partial charge in [0.05, 0.1) is 17.8 Å². The van der Waals surface area contributed by atoms with Crippen LogP contribution in [0.1, 0.15) is 19.3 Å². The van der Waals surface area contributed by atoms with Gasteiger partial charge in [-0.25, -0.2) is 0 Å². The Hall–Kier alpha value is -0.760. The SMILES string of the molecule is OC(CNC1CCOC1C1CC1)COc1cnsn1. The highest BCUT2D eigenvalue weighted by Gasteiger charge is 2.40. The smallest absolute Gasteiger partial charge is 0.245 e. The third-order valence-corrected chi connectivity index (χ3v) is 4.06. The summed E-state index contributed by atoms with van der Waals surface area (Å²) in [6.07, 6.45) is 4.96. The van der Waals surface area contributed by atoms with Gasteiger partial charge in [-0.3, -0.25) is 0 Å². The summed E-state index contributed by atoms with van der Waals surface area (Å²) in [5.74, 6) is 1.21. The highest BCUT2D eigenvalue weighted by atomic mass is 32.1. The van der Waals surface area contributed by atoms with Gasteiger partial charge in [0.1, 0.15) is 18.9 Å². The van der Waals surface area contributed by atoms with Crippen LogP contribution in [0.2, 0.25) is 0 Å². The van der Waals surface area contributed by atoms with Crippen molar-refractivity contribution in [3.63, 3.8) is 0 Å². The summed E-state index contributed by atoms with van der Waals surface area (Å²) in [6.45, 7) is 1.59. The number of nitrogens with one attached hydrogen (secondary N) is 1. The molecule has 3 atom stereocenters. The molecule has 2 heterocycles. The predicted octanol–water partition coefficient (Wildman–Crippen LogP) is 0.435. The van der Waals surface area contributed by atoms with Crippen molar-refractivity contribution >= 4 is 11.7 Å². The van der Waals surface area contributed by atoms with Crippen molar-refractivity contribution in [2.24, 2.45) is 5.92 Å². The molecule has 1 aliphatic heterocycles. The van der Waals surface area contributed by atoms with Crippen molar-refractivity contribution < 1.29 is 14.6 Å². The zero-order valence-electron chi connectivity index (χ0n) is 10.7. The van der Waals surface area contributed by atoms with E-state index in [1.54, 1.807) is 6.20 Å². The van der Waals surface area contributed by atoms with Crippen molar-refractivity contribution in [3.8, 4) is 5.88 Å². The maximum Gasteiger partial charge on any atom is 0.245 e. The summed E-state index contributed by atoms with van der Waals surface area (Å²) in [5, 5.41) is 13.3. The van der Waals surface area contributed by atoms with Gasteiger partial charge in [0, 0.05) is 19.2 Å². The molecule has 1 saturated carbocycles. The Morgan fingerprint density at radius 2 is 2.42 bits per heavy atom. The molecule has 2 aliphatic rings. The molecule has 1 aromatic rings. The number of aromatic nitrogens is 2. The van der Waals surface area contributed by atoms with Gasteiger partial charge in [0.2, 0.25) is 5.88 Å². The predicted molar refractivity (Wildman–Crippen MR) is 70.3 cm³/mol. The number of aliphatic hydroxyl groups is 1. The average Bonchev–Trinajstić information content (AvgIpc) is 2.94. The van der Waals surface area contributed by atoms with E-state index < -0.39 is 6.10 Å². The first-order valence-corrected chi connectivity index (χ1v) is 7.49. The Balaban J connectivity index is 1.36. The minimum absolute atomic E-state index is 0.236. The van der Waals surface area contributed by atoms with Crippen LogP contribution in [0.15, 0.2) is 6.20 Å². The summed E-state index contributed by atoms with van der Waals surface area (Å²) in [5.41, 5.74) is 0. The number of aliphatic hydroxyl groups excluding tert-OH is 1. The highest BCUT2D eigenvalue weighted by Crippen LogP contribution is 2.38. The Bertz CT molecular complexity index is 386. The lowest BCUT2D eigenvalue weighted by Gasteiger charge is -2.21. The third kappa shape index (κ3) is 3.62. The normalized spacial score (nSPS) is 28.5. The van der Waals surface area contributed by atoms with E-state index in [2.05, 4.69) is 14.1 Å². The number of hydrogen-bond acceptors (Lipinski definition) is 7. The fourth-order valence-electron chi connectivity index (χ4n) is 2.47. The number of rotatable bonds is 7. The second-order valence-electron chi connectivity index (χ2n) is 5.19. The topological polar surface area (TPSA) is 76.5 Å². The minimum Gasteiger partial charge on any atom is -0.473 e. The Labute approximate surface area is 116 Å². The van der Waals surface area contributed by atoms with E-state index >= 15 is 0 Å². The van der Waals surface area contributed by atoms with E-state index in [0.717, 1.165) is 30.7 Å². The van der Waals surface area contributed by atoms with E-state index in [1.165, 1.54) is 12.8 Å². The maximum absolute atomic E-state index is 9.88. The first kappa shape index (κ1) is 13.2. The maximum atomic E-state index is 9.88. The van der Waals surface area contributed by atoms with E-state index in [1.807, 2.05) is 0 Å². The summed E-state index contributed by atoms with van der Waals surface area (Å²) < 4.78 is 18.8. The van der Waals surface area contributed by atoms with Crippen LogP contribution >= 0.6 is 11.7 Å². The summed E-state index contributed by atoms with van der Waals surface area (Å²) in [6, 6.07) is 0.378. The molecule has 1 aromatic heterocycles. The van der Waals surface area contributed by atoms with Crippen LogP contribution in [-0.4, -0.2) is 51.9 Å². The highest BCUT2D eigenvalue weighted by molar-refractivity contribution is 6.99. The van der Waals surface area contributed by atoms with Crippen LogP contribution in [-0.2, 0) is 4.74 Å². The van der Waals surface area contributed by atoms with E-state index in [4.69, 9.17) is 9.47 Å². The summed E-state index contributed by atoms with van der Waals surface area (Å²) in [7, 11) is 0. The van der Waals surface area contributed by atoms with Crippen molar-refractivity contribution in [3.05, 3.63) is 6.20 Å². The lowest BCUT2D eigenvalue weighted by atomic mass is 10.1. The van der Waals surface area contributed by atoms with Gasteiger partial charge in [-0.1, -0.05) is 0 Å². The third-order valence-electron chi connectivity index (χ3n) is 3.60. The molecule has 2 N–H and O–H groups in total. The average molecular weight is 285 g/mol. The zero-order chi connectivity index (χ0) is 13.1. The molecule has 0 radical (unpaired) electrons. The molecule has 0 aromatic carbocycles. The molecule has 3 unspecified atom stereocenters. The fourth-order valence-corrected chi connectivity index (χ4v) is 2.83. The van der Waals surface area contributed by atoms with Crippen LogP contribution in [0.5, 0.6) is 5.88 Å². The van der Waals surface area contributed by atoms with Crippen LogP contribution < -0.4 is 10.1 Å². The number of ether oxygens (including phenoxy) is 2. The molecular weight excluding hydrogens is 266 g/mol. The van der Waals surface area contributed by atoms with Crippen LogP contribution in [0.3, 0.4) is 0 Å². The molecule has 6 nitrogen and oxygen atoms in total. The first-order chi connectivity index (χ1) is 9.33. The van der Waals surface area contributed by atoms with Crippen molar-refractivity contribution in [2.75, 3.05) is 19.8 Å². The van der Waals surface area contributed by atoms with Crippen molar-refractivity contribution in [1.82, 2.24) is 14.1 Å². The molecule has 3 rings (SSSR count). The summed E-state index contributed by atoms with van der Waals surface area (Å²) in [4.78, 5) is 0. The van der Waals surface area contributed by atoms with Gasteiger partial charge in [-0.05, 0) is 25.2 Å². The Kier molecular flexibility index (Phi) is 4.27. The lowest BCUT2D eigenvalue weighted by Crippen LogP contribution is -2.42. The Morgan fingerprint density at radius 1 is 1.53 bits per heavy atom. The molecular formula is C12H19N3O3S. The first-order valence-electron chi connectivity index (χ1n) is 6.76. The van der Waals surface area contributed by atoms with Gasteiger partial charge >= 0.3 is 0 Å². The lowest BCUT2D eigenvalue weighted by molar-refractivity contribution is 0.0702. The molecule has 1 saturated heterocycles. The molecule has 7 heteroatoms. The largest absolute Gasteiger partial charge is 0.473 e. The van der Waals surface area contributed by atoms with Gasteiger partial charge < -0.3 is 19.9 Å². The minimum atomic E-state index is -0.540.